The summed E-state index contributed by atoms with van der Waals surface area (Å²) >= 11 is 1.40. The number of aliphatic hydroxyl groups excluding tert-OH is 1. The summed E-state index contributed by atoms with van der Waals surface area (Å²) in [6.07, 6.45) is -0.104. The summed E-state index contributed by atoms with van der Waals surface area (Å²) in [6, 6.07) is 20.5. The zero-order chi connectivity index (χ0) is 41.0. The van der Waals surface area contributed by atoms with Gasteiger partial charge in [-0.1, -0.05) is 106 Å². The number of anilines is 1. The van der Waals surface area contributed by atoms with Crippen LogP contribution in [0.25, 0.3) is 10.2 Å². The summed E-state index contributed by atoms with van der Waals surface area (Å²) in [4.78, 5) is 34.1. The summed E-state index contributed by atoms with van der Waals surface area (Å²) in [6.45, 7) is 13.5. The van der Waals surface area contributed by atoms with E-state index in [4.69, 9.17) is 0 Å². The van der Waals surface area contributed by atoms with Gasteiger partial charge in [0.1, 0.15) is 6.04 Å². The molecule has 0 aliphatic carbocycles. The monoisotopic (exact) mass is 807 g/mol. The number of hydrogen-bond donors (Lipinski definition) is 5. The van der Waals surface area contributed by atoms with Crippen LogP contribution in [0.3, 0.4) is 0 Å². The normalized spacial score (nSPS) is 13.9. The molecule has 0 aliphatic rings. The van der Waals surface area contributed by atoms with Gasteiger partial charge in [0.05, 0.1) is 33.8 Å². The molecule has 0 bridgehead atoms. The predicted octanol–water partition coefficient (Wildman–Crippen LogP) is 5.02. The number of amides is 2. The maximum Gasteiger partial charge on any atom is 0.243 e. The molecule has 14 heteroatoms. The molecule has 1 heterocycles. The zero-order valence-electron chi connectivity index (χ0n) is 34.1. The lowest BCUT2D eigenvalue weighted by molar-refractivity contribution is -0.132. The number of aryl methyl sites for hydroxylation is 1. The third kappa shape index (κ3) is 13.6. The maximum atomic E-state index is 14.3. The summed E-state index contributed by atoms with van der Waals surface area (Å²) in [7, 11) is -0.0218. The number of nitrogens with one attached hydrogen (secondary N) is 4. The number of carbonyl (C=O) groups excluding carboxylic acids is 2. The van der Waals surface area contributed by atoms with Gasteiger partial charge in [-0.05, 0) is 81.1 Å². The standard InChI is InChI=1S/C42H61N7O5S2/c1-29(2)27-49(56(53,54)33-18-19-34-37(24-33)55-41(46-34)44-20-13-21-48(7)8)28-36(50)35(23-31-15-10-9-11-16-31)45-40(52)39(42(4,5)6)47-38(51)26-43-25-32-17-12-14-30(3)22-32/h9-12,14-19,22,24,29,35-36,39,43,50H,13,20-21,23,25-28H2,1-8H3,(H,44,46)(H,45,52)(H,47,51)/t35?,36-,39?/m1/s1. The molecule has 0 fully saturated rings. The molecule has 5 N–H and O–H groups in total. The van der Waals surface area contributed by atoms with Crippen molar-refractivity contribution in [1.29, 1.82) is 0 Å². The Bertz CT molecular complexity index is 1980. The number of aliphatic hydroxyl groups is 1. The van der Waals surface area contributed by atoms with E-state index in [2.05, 4.69) is 31.2 Å². The van der Waals surface area contributed by atoms with Crippen LogP contribution in [0.5, 0.6) is 0 Å². The lowest BCUT2D eigenvalue weighted by Gasteiger charge is -2.34. The number of aromatic nitrogens is 1. The van der Waals surface area contributed by atoms with Crippen molar-refractivity contribution in [2.75, 3.05) is 52.1 Å². The smallest absolute Gasteiger partial charge is 0.243 e. The van der Waals surface area contributed by atoms with Gasteiger partial charge in [-0.2, -0.15) is 4.31 Å². The quantitative estimate of drug-likeness (QED) is 0.0730. The first-order valence-electron chi connectivity index (χ1n) is 19.3. The van der Waals surface area contributed by atoms with E-state index >= 15 is 0 Å². The minimum atomic E-state index is -4.08. The fourth-order valence-corrected chi connectivity index (χ4v) is 9.00. The van der Waals surface area contributed by atoms with E-state index in [0.29, 0.717) is 12.1 Å². The molecule has 3 aromatic carbocycles. The highest BCUT2D eigenvalue weighted by Gasteiger charge is 2.36. The van der Waals surface area contributed by atoms with Crippen molar-refractivity contribution in [2.45, 2.75) is 84.0 Å². The Kier molecular flexibility index (Phi) is 16.4. The predicted molar refractivity (Wildman–Crippen MR) is 227 cm³/mol. The first-order valence-corrected chi connectivity index (χ1v) is 21.6. The van der Waals surface area contributed by atoms with Gasteiger partial charge in [-0.25, -0.2) is 13.4 Å². The molecular weight excluding hydrogens is 747 g/mol. The SMILES string of the molecule is Cc1cccc(CNCC(=O)NC(C(=O)NC(Cc2ccccc2)[C@H](O)CN(CC(C)C)S(=O)(=O)c2ccc3nc(NCCCN(C)C)sc3c2)C(C)(C)C)c1. The minimum Gasteiger partial charge on any atom is -0.390 e. The summed E-state index contributed by atoms with van der Waals surface area (Å²) in [5, 5.41) is 25.0. The van der Waals surface area contributed by atoms with Crippen molar-refractivity contribution in [3.05, 3.63) is 89.5 Å². The Hall–Kier alpha value is -3.92. The number of sulfonamides is 1. The Balaban J connectivity index is 1.52. The second-order valence-electron chi connectivity index (χ2n) is 16.3. The number of nitrogens with zero attached hydrogens (tertiary/aromatic N) is 3. The van der Waals surface area contributed by atoms with Crippen molar-refractivity contribution in [2.24, 2.45) is 11.3 Å². The number of fused-ring (bicyclic) bond motifs is 1. The van der Waals surface area contributed by atoms with Gasteiger partial charge < -0.3 is 31.3 Å². The molecule has 2 amide bonds. The van der Waals surface area contributed by atoms with Crippen LogP contribution in [-0.2, 0) is 32.6 Å². The minimum absolute atomic E-state index is 0.00775. The van der Waals surface area contributed by atoms with Gasteiger partial charge in [0.25, 0.3) is 0 Å². The maximum absolute atomic E-state index is 14.3. The Morgan fingerprint density at radius 2 is 1.64 bits per heavy atom. The van der Waals surface area contributed by atoms with Crippen LogP contribution in [0.1, 0.15) is 57.7 Å². The van der Waals surface area contributed by atoms with E-state index in [1.807, 2.05) is 110 Å². The van der Waals surface area contributed by atoms with E-state index in [0.717, 1.165) is 46.0 Å². The molecule has 0 spiro atoms. The van der Waals surface area contributed by atoms with Gasteiger partial charge in [0.15, 0.2) is 5.13 Å². The molecule has 0 saturated heterocycles. The molecule has 12 nitrogen and oxygen atoms in total. The van der Waals surface area contributed by atoms with Crippen LogP contribution in [0, 0.1) is 18.3 Å². The molecule has 3 atom stereocenters. The fourth-order valence-electron chi connectivity index (χ4n) is 6.34. The van der Waals surface area contributed by atoms with E-state index in [9.17, 15) is 23.1 Å². The largest absolute Gasteiger partial charge is 0.390 e. The van der Waals surface area contributed by atoms with Crippen LogP contribution in [0.15, 0.2) is 77.7 Å². The van der Waals surface area contributed by atoms with Gasteiger partial charge in [-0.15, -0.1) is 0 Å². The molecule has 2 unspecified atom stereocenters. The number of hydrogen-bond acceptors (Lipinski definition) is 10. The highest BCUT2D eigenvalue weighted by molar-refractivity contribution is 7.89. The number of benzene rings is 3. The van der Waals surface area contributed by atoms with Crippen LogP contribution < -0.4 is 21.3 Å². The first-order chi connectivity index (χ1) is 26.4. The van der Waals surface area contributed by atoms with Gasteiger partial charge in [-0.3, -0.25) is 9.59 Å². The number of rotatable bonds is 21. The third-order valence-electron chi connectivity index (χ3n) is 9.24. The summed E-state index contributed by atoms with van der Waals surface area (Å²) in [5.74, 6) is -0.860. The summed E-state index contributed by atoms with van der Waals surface area (Å²) < 4.78 is 30.7. The highest BCUT2D eigenvalue weighted by atomic mass is 32.2. The Morgan fingerprint density at radius 1 is 0.929 bits per heavy atom. The zero-order valence-corrected chi connectivity index (χ0v) is 35.8. The lowest BCUT2D eigenvalue weighted by Crippen LogP contribution is -2.59. The Labute approximate surface area is 337 Å². The molecule has 0 saturated carbocycles. The van der Waals surface area contributed by atoms with Crippen molar-refractivity contribution < 1.29 is 23.1 Å². The van der Waals surface area contributed by atoms with Gasteiger partial charge in [0, 0.05) is 26.2 Å². The number of thiazole rings is 1. The van der Waals surface area contributed by atoms with E-state index in [1.54, 1.807) is 18.2 Å². The average Bonchev–Trinajstić information content (AvgIpc) is 3.54. The van der Waals surface area contributed by atoms with Crippen LogP contribution >= 0.6 is 11.3 Å². The second kappa shape index (κ2) is 20.5. The van der Waals surface area contributed by atoms with Gasteiger partial charge in [0.2, 0.25) is 21.8 Å². The molecule has 306 valence electrons. The second-order valence-corrected chi connectivity index (χ2v) is 19.2. The highest BCUT2D eigenvalue weighted by Crippen LogP contribution is 2.30. The van der Waals surface area contributed by atoms with Crippen molar-refractivity contribution in [3.63, 3.8) is 0 Å². The summed E-state index contributed by atoms with van der Waals surface area (Å²) in [5.41, 5.74) is 3.05. The van der Waals surface area contributed by atoms with Crippen LogP contribution in [0.2, 0.25) is 0 Å². The fraction of sp³-hybridized carbons (Fsp3) is 0.500. The average molecular weight is 808 g/mol. The molecular formula is C42H61N7O5S2. The Morgan fingerprint density at radius 3 is 2.30 bits per heavy atom. The molecule has 1 aromatic heterocycles. The van der Waals surface area contributed by atoms with E-state index in [1.165, 1.54) is 15.6 Å². The lowest BCUT2D eigenvalue weighted by atomic mass is 9.85. The molecule has 0 aliphatic heterocycles. The van der Waals surface area contributed by atoms with Crippen LogP contribution in [-0.4, -0.2) is 105 Å². The van der Waals surface area contributed by atoms with E-state index in [-0.39, 0.29) is 42.8 Å². The third-order valence-corrected chi connectivity index (χ3v) is 12.0. The first kappa shape index (κ1) is 44.8. The number of carbonyl (C=O) groups is 2. The van der Waals surface area contributed by atoms with Crippen LogP contribution in [0.4, 0.5) is 5.13 Å². The molecule has 4 aromatic rings. The van der Waals surface area contributed by atoms with E-state index < -0.39 is 39.5 Å². The van der Waals surface area contributed by atoms with Crippen molar-refractivity contribution >= 4 is 48.5 Å². The molecule has 0 radical (unpaired) electrons. The van der Waals surface area contributed by atoms with Crippen molar-refractivity contribution in [1.82, 2.24) is 30.1 Å². The molecule has 4 rings (SSSR count). The van der Waals surface area contributed by atoms with Crippen molar-refractivity contribution in [3.8, 4) is 0 Å². The van der Waals surface area contributed by atoms with Gasteiger partial charge >= 0.3 is 0 Å². The molecule has 56 heavy (non-hydrogen) atoms. The topological polar surface area (TPSA) is 156 Å².